The molecule has 0 unspecified atom stereocenters. The highest BCUT2D eigenvalue weighted by molar-refractivity contribution is 5.93. The van der Waals surface area contributed by atoms with Gasteiger partial charge >= 0.3 is 0 Å². The lowest BCUT2D eigenvalue weighted by atomic mass is 10.1. The number of amides is 2. The maximum absolute atomic E-state index is 11.8. The summed E-state index contributed by atoms with van der Waals surface area (Å²) in [5, 5.41) is 8.68. The summed E-state index contributed by atoms with van der Waals surface area (Å²) in [7, 11) is 1.65. The first-order chi connectivity index (χ1) is 11.0. The fraction of sp³-hybridized carbons (Fsp3) is 0.529. The minimum absolute atomic E-state index is 0.00274. The van der Waals surface area contributed by atoms with Crippen molar-refractivity contribution in [3.05, 3.63) is 24.3 Å². The van der Waals surface area contributed by atoms with E-state index in [1.807, 2.05) is 13.8 Å². The van der Waals surface area contributed by atoms with E-state index in [4.69, 9.17) is 4.74 Å². The summed E-state index contributed by atoms with van der Waals surface area (Å²) < 4.78 is 4.93. The van der Waals surface area contributed by atoms with Crippen LogP contribution in [0.2, 0.25) is 0 Å². The quantitative estimate of drug-likeness (QED) is 0.577. The number of ether oxygens (including phenoxy) is 1. The molecule has 1 aromatic rings. The van der Waals surface area contributed by atoms with Gasteiger partial charge in [-0.3, -0.25) is 9.59 Å². The molecule has 0 heterocycles. The summed E-state index contributed by atoms with van der Waals surface area (Å²) in [4.78, 5) is 23.4. The molecule has 6 heteroatoms. The molecule has 0 saturated carbocycles. The zero-order valence-electron chi connectivity index (χ0n) is 14.1. The Morgan fingerprint density at radius 2 is 1.61 bits per heavy atom. The van der Waals surface area contributed by atoms with Crippen molar-refractivity contribution >= 4 is 23.2 Å². The van der Waals surface area contributed by atoms with Crippen LogP contribution < -0.4 is 16.0 Å². The number of hydrogen-bond donors (Lipinski definition) is 3. The van der Waals surface area contributed by atoms with Crippen LogP contribution >= 0.6 is 0 Å². The van der Waals surface area contributed by atoms with Gasteiger partial charge in [0.15, 0.2) is 0 Å². The molecule has 0 aliphatic heterocycles. The van der Waals surface area contributed by atoms with E-state index >= 15 is 0 Å². The molecule has 128 valence electrons. The Balaban J connectivity index is 2.33. The molecule has 6 nitrogen and oxygen atoms in total. The molecular weight excluding hydrogens is 294 g/mol. The second-order valence-corrected chi connectivity index (χ2v) is 5.79. The average molecular weight is 321 g/mol. The van der Waals surface area contributed by atoms with Crippen molar-refractivity contribution in [2.75, 3.05) is 37.4 Å². The highest BCUT2D eigenvalue weighted by Crippen LogP contribution is 2.14. The zero-order valence-corrected chi connectivity index (χ0v) is 14.1. The van der Waals surface area contributed by atoms with Crippen LogP contribution in [0.3, 0.4) is 0 Å². The predicted molar refractivity (Wildman–Crippen MR) is 92.5 cm³/mol. The van der Waals surface area contributed by atoms with E-state index in [1.54, 1.807) is 31.4 Å². The largest absolute Gasteiger partial charge is 0.385 e. The normalized spacial score (nSPS) is 10.6. The molecule has 0 spiro atoms. The van der Waals surface area contributed by atoms with Gasteiger partial charge in [-0.15, -0.1) is 0 Å². The number of carbonyl (C=O) groups is 2. The number of methoxy groups -OCH3 is 1. The Bertz CT molecular complexity index is 486. The molecular formula is C17H27N3O3. The monoisotopic (exact) mass is 321 g/mol. The first-order valence-corrected chi connectivity index (χ1v) is 7.90. The third-order valence-electron chi connectivity index (χ3n) is 3.03. The lowest BCUT2D eigenvalue weighted by molar-refractivity contribution is -0.117. The van der Waals surface area contributed by atoms with Gasteiger partial charge in [-0.2, -0.15) is 0 Å². The van der Waals surface area contributed by atoms with Crippen LogP contribution in [0.4, 0.5) is 11.4 Å². The van der Waals surface area contributed by atoms with Crippen LogP contribution in [0.5, 0.6) is 0 Å². The van der Waals surface area contributed by atoms with E-state index in [2.05, 4.69) is 16.0 Å². The maximum atomic E-state index is 11.8. The van der Waals surface area contributed by atoms with Crippen molar-refractivity contribution in [1.82, 2.24) is 5.32 Å². The van der Waals surface area contributed by atoms with Crippen LogP contribution in [0.15, 0.2) is 24.3 Å². The number of rotatable bonds is 10. The Kier molecular flexibility index (Phi) is 8.94. The van der Waals surface area contributed by atoms with Crippen LogP contribution in [0, 0.1) is 5.92 Å². The Morgan fingerprint density at radius 1 is 1.04 bits per heavy atom. The molecule has 3 N–H and O–H groups in total. The molecule has 0 radical (unpaired) electrons. The Labute approximate surface area is 138 Å². The first-order valence-electron chi connectivity index (χ1n) is 7.90. The van der Waals surface area contributed by atoms with Crippen molar-refractivity contribution in [2.45, 2.75) is 26.7 Å². The summed E-state index contributed by atoms with van der Waals surface area (Å²) in [5.41, 5.74) is 1.43. The Morgan fingerprint density at radius 3 is 2.13 bits per heavy atom. The summed E-state index contributed by atoms with van der Waals surface area (Å²) >= 11 is 0. The lowest BCUT2D eigenvalue weighted by Crippen LogP contribution is -2.29. The predicted octanol–water partition coefficient (Wildman–Crippen LogP) is 2.24. The zero-order chi connectivity index (χ0) is 17.1. The van der Waals surface area contributed by atoms with Gasteiger partial charge in [-0.1, -0.05) is 13.8 Å². The second kappa shape index (κ2) is 10.7. The molecule has 0 bridgehead atoms. The van der Waals surface area contributed by atoms with Crippen LogP contribution in [0.1, 0.15) is 26.7 Å². The number of hydrogen-bond acceptors (Lipinski definition) is 4. The second-order valence-electron chi connectivity index (χ2n) is 5.79. The van der Waals surface area contributed by atoms with Crippen molar-refractivity contribution in [3.8, 4) is 0 Å². The van der Waals surface area contributed by atoms with Gasteiger partial charge in [-0.25, -0.2) is 0 Å². The fourth-order valence-electron chi connectivity index (χ4n) is 1.97. The molecule has 0 fully saturated rings. The summed E-state index contributed by atoms with van der Waals surface area (Å²) in [6.45, 7) is 5.68. The van der Waals surface area contributed by atoms with Gasteiger partial charge < -0.3 is 20.7 Å². The highest BCUT2D eigenvalue weighted by atomic mass is 16.5. The fourth-order valence-corrected chi connectivity index (χ4v) is 1.97. The van der Waals surface area contributed by atoms with Crippen molar-refractivity contribution in [1.29, 1.82) is 0 Å². The number of nitrogens with one attached hydrogen (secondary N) is 3. The molecule has 0 saturated heterocycles. The van der Waals surface area contributed by atoms with E-state index in [-0.39, 0.29) is 18.4 Å². The van der Waals surface area contributed by atoms with Crippen LogP contribution in [-0.2, 0) is 14.3 Å². The van der Waals surface area contributed by atoms with Crippen molar-refractivity contribution in [3.63, 3.8) is 0 Å². The third kappa shape index (κ3) is 8.95. The van der Waals surface area contributed by atoms with Crippen LogP contribution in [-0.4, -0.2) is 38.6 Å². The van der Waals surface area contributed by atoms with Gasteiger partial charge in [-0.05, 0) is 43.1 Å². The highest BCUT2D eigenvalue weighted by Gasteiger charge is 2.06. The molecule has 2 amide bonds. The number of anilines is 2. The van der Waals surface area contributed by atoms with Gasteiger partial charge in [0, 0.05) is 31.5 Å². The number of carbonyl (C=O) groups excluding carboxylic acids is 2. The summed E-state index contributed by atoms with van der Waals surface area (Å²) in [6.07, 6.45) is 1.36. The molecule has 0 aliphatic rings. The average Bonchev–Trinajstić information content (AvgIpc) is 2.48. The standard InChI is InChI=1S/C17H27N3O3/c1-13(2)11-16(21)19-14-5-7-15(8-6-14)20-17(22)12-18-9-4-10-23-3/h5-8,13,18H,4,9-12H2,1-3H3,(H,19,21)(H,20,22). The Hall–Kier alpha value is -1.92. The van der Waals surface area contributed by atoms with Gasteiger partial charge in [0.1, 0.15) is 0 Å². The molecule has 0 aromatic heterocycles. The molecule has 1 aromatic carbocycles. The minimum atomic E-state index is -0.0981. The van der Waals surface area contributed by atoms with E-state index in [1.165, 1.54) is 0 Å². The van der Waals surface area contributed by atoms with E-state index < -0.39 is 0 Å². The van der Waals surface area contributed by atoms with E-state index in [0.717, 1.165) is 18.7 Å². The van der Waals surface area contributed by atoms with E-state index in [0.29, 0.717) is 24.6 Å². The molecule has 23 heavy (non-hydrogen) atoms. The minimum Gasteiger partial charge on any atom is -0.385 e. The van der Waals surface area contributed by atoms with Crippen LogP contribution in [0.25, 0.3) is 0 Å². The first kappa shape index (κ1) is 19.1. The van der Waals surface area contributed by atoms with Crippen molar-refractivity contribution in [2.24, 2.45) is 5.92 Å². The topological polar surface area (TPSA) is 79.5 Å². The van der Waals surface area contributed by atoms with Crippen molar-refractivity contribution < 1.29 is 14.3 Å². The number of benzene rings is 1. The maximum Gasteiger partial charge on any atom is 0.238 e. The van der Waals surface area contributed by atoms with Gasteiger partial charge in [0.05, 0.1) is 6.54 Å². The molecule has 1 rings (SSSR count). The van der Waals surface area contributed by atoms with Gasteiger partial charge in [0.2, 0.25) is 11.8 Å². The molecule has 0 aliphatic carbocycles. The summed E-state index contributed by atoms with van der Waals surface area (Å²) in [5.74, 6) is 0.223. The third-order valence-corrected chi connectivity index (χ3v) is 3.03. The van der Waals surface area contributed by atoms with E-state index in [9.17, 15) is 9.59 Å². The van der Waals surface area contributed by atoms with Gasteiger partial charge in [0.25, 0.3) is 0 Å². The summed E-state index contributed by atoms with van der Waals surface area (Å²) in [6, 6.07) is 7.10. The lowest BCUT2D eigenvalue weighted by Gasteiger charge is -2.09. The SMILES string of the molecule is COCCCNCC(=O)Nc1ccc(NC(=O)CC(C)C)cc1. The smallest absolute Gasteiger partial charge is 0.238 e. The molecule has 0 atom stereocenters.